The fraction of sp³-hybridized carbons (Fsp3) is 0.500. The maximum Gasteiger partial charge on any atom is 0.246 e. The van der Waals surface area contributed by atoms with Crippen LogP contribution in [-0.4, -0.2) is 38.0 Å². The second kappa shape index (κ2) is 10.0. The molecule has 0 N–H and O–H groups in total. The molecule has 0 aromatic heterocycles. The van der Waals surface area contributed by atoms with Crippen LogP contribution in [0.1, 0.15) is 38.8 Å². The van der Waals surface area contributed by atoms with E-state index in [1.807, 2.05) is 47.9 Å². The van der Waals surface area contributed by atoms with Gasteiger partial charge in [0.05, 0.1) is 0 Å². The largest absolute Gasteiger partial charge is 0.378 e. The van der Waals surface area contributed by atoms with Gasteiger partial charge >= 0.3 is 0 Å². The quantitative estimate of drug-likeness (QED) is 0.766. The third-order valence-corrected chi connectivity index (χ3v) is 3.25. The average Bonchev–Trinajstić information content (AvgIpc) is 2.49. The van der Waals surface area contributed by atoms with Gasteiger partial charge in [0.15, 0.2) is 0 Å². The molecule has 0 bridgehead atoms. The Morgan fingerprint density at radius 3 is 2.14 bits per heavy atom. The van der Waals surface area contributed by atoms with Gasteiger partial charge in [-0.25, -0.2) is 0 Å². The molecular formula is C18H30N2O. The Bertz CT molecular complexity index is 460. The third-order valence-electron chi connectivity index (χ3n) is 3.25. The Kier molecular flexibility index (Phi) is 9.18. The second-order valence-electron chi connectivity index (χ2n) is 4.78. The molecule has 0 aliphatic rings. The van der Waals surface area contributed by atoms with E-state index in [-0.39, 0.29) is 5.91 Å². The van der Waals surface area contributed by atoms with Crippen molar-refractivity contribution in [3.8, 4) is 0 Å². The summed E-state index contributed by atoms with van der Waals surface area (Å²) < 4.78 is 0. The van der Waals surface area contributed by atoms with E-state index < -0.39 is 0 Å². The van der Waals surface area contributed by atoms with E-state index in [1.165, 1.54) is 11.3 Å². The number of amides is 1. The molecule has 21 heavy (non-hydrogen) atoms. The molecule has 3 heteroatoms. The van der Waals surface area contributed by atoms with E-state index in [0.717, 1.165) is 18.7 Å². The fourth-order valence-electron chi connectivity index (χ4n) is 1.93. The molecule has 0 fully saturated rings. The summed E-state index contributed by atoms with van der Waals surface area (Å²) in [6.07, 6.45) is 3.56. The van der Waals surface area contributed by atoms with E-state index in [0.29, 0.717) is 0 Å². The Morgan fingerprint density at radius 2 is 1.71 bits per heavy atom. The molecule has 1 amide bonds. The van der Waals surface area contributed by atoms with Crippen molar-refractivity contribution < 1.29 is 4.79 Å². The van der Waals surface area contributed by atoms with Crippen molar-refractivity contribution in [1.82, 2.24) is 4.90 Å². The topological polar surface area (TPSA) is 23.6 Å². The van der Waals surface area contributed by atoms with Crippen LogP contribution in [0.5, 0.6) is 0 Å². The van der Waals surface area contributed by atoms with Crippen LogP contribution in [0.2, 0.25) is 0 Å². The third kappa shape index (κ3) is 6.03. The molecule has 0 saturated carbocycles. The highest BCUT2D eigenvalue weighted by Crippen LogP contribution is 2.18. The summed E-state index contributed by atoms with van der Waals surface area (Å²) in [4.78, 5) is 15.8. The summed E-state index contributed by atoms with van der Waals surface area (Å²) in [5.74, 6) is 0.0705. The van der Waals surface area contributed by atoms with Crippen molar-refractivity contribution in [3.05, 3.63) is 35.4 Å². The summed E-state index contributed by atoms with van der Waals surface area (Å²) in [6, 6.07) is 6.24. The summed E-state index contributed by atoms with van der Waals surface area (Å²) >= 11 is 0. The zero-order valence-corrected chi connectivity index (χ0v) is 14.6. The van der Waals surface area contributed by atoms with Gasteiger partial charge in [-0.2, -0.15) is 0 Å². The Hall–Kier alpha value is -1.77. The van der Waals surface area contributed by atoms with E-state index in [1.54, 1.807) is 11.0 Å². The number of aryl methyl sites for hydroxylation is 1. The van der Waals surface area contributed by atoms with Crippen LogP contribution in [-0.2, 0) is 4.79 Å². The number of carbonyl (C=O) groups is 1. The minimum absolute atomic E-state index is 0.0705. The van der Waals surface area contributed by atoms with Gasteiger partial charge < -0.3 is 9.80 Å². The van der Waals surface area contributed by atoms with E-state index >= 15 is 0 Å². The highest BCUT2D eigenvalue weighted by molar-refractivity contribution is 5.92. The number of benzene rings is 1. The lowest BCUT2D eigenvalue weighted by Crippen LogP contribution is -2.28. The SMILES string of the molecule is CC.CCN(CC)C(=O)/C=C/c1ccc(N(C)C)cc1C. The van der Waals surface area contributed by atoms with Gasteiger partial charge in [0.2, 0.25) is 5.91 Å². The molecule has 0 radical (unpaired) electrons. The van der Waals surface area contributed by atoms with Gasteiger partial charge in [-0.05, 0) is 50.1 Å². The number of nitrogens with zero attached hydrogens (tertiary/aromatic N) is 2. The van der Waals surface area contributed by atoms with Crippen molar-refractivity contribution in [2.45, 2.75) is 34.6 Å². The molecule has 1 aromatic rings. The highest BCUT2D eigenvalue weighted by Gasteiger charge is 2.05. The molecule has 0 atom stereocenters. The summed E-state index contributed by atoms with van der Waals surface area (Å²) in [6.45, 7) is 11.5. The molecule has 1 rings (SSSR count). The van der Waals surface area contributed by atoms with E-state index in [9.17, 15) is 4.79 Å². The number of likely N-dealkylation sites (N-methyl/N-ethyl adjacent to an activating group) is 1. The van der Waals surface area contributed by atoms with Gasteiger partial charge in [0, 0.05) is 38.9 Å². The Labute approximate surface area is 130 Å². The van der Waals surface area contributed by atoms with Crippen molar-refractivity contribution in [2.24, 2.45) is 0 Å². The van der Waals surface area contributed by atoms with Crippen molar-refractivity contribution >= 4 is 17.7 Å². The van der Waals surface area contributed by atoms with Gasteiger partial charge in [-0.3, -0.25) is 4.79 Å². The van der Waals surface area contributed by atoms with Crippen LogP contribution < -0.4 is 4.90 Å². The maximum absolute atomic E-state index is 11.9. The molecule has 1 aromatic carbocycles. The first-order valence-corrected chi connectivity index (χ1v) is 7.74. The number of rotatable bonds is 5. The number of carbonyl (C=O) groups excluding carboxylic acids is 1. The predicted octanol–water partition coefficient (Wildman–Crippen LogP) is 3.97. The molecule has 118 valence electrons. The first-order valence-electron chi connectivity index (χ1n) is 7.74. The minimum Gasteiger partial charge on any atom is -0.378 e. The Morgan fingerprint density at radius 1 is 1.14 bits per heavy atom. The predicted molar refractivity (Wildman–Crippen MR) is 93.8 cm³/mol. The van der Waals surface area contributed by atoms with Gasteiger partial charge in [-0.15, -0.1) is 0 Å². The van der Waals surface area contributed by atoms with Crippen LogP contribution in [0, 0.1) is 6.92 Å². The van der Waals surface area contributed by atoms with Crippen molar-refractivity contribution in [3.63, 3.8) is 0 Å². The average molecular weight is 290 g/mol. The summed E-state index contributed by atoms with van der Waals surface area (Å²) in [5.41, 5.74) is 3.44. The van der Waals surface area contributed by atoms with Crippen LogP contribution in [0.25, 0.3) is 6.08 Å². The molecule has 0 saturated heterocycles. The smallest absolute Gasteiger partial charge is 0.246 e. The van der Waals surface area contributed by atoms with Crippen molar-refractivity contribution in [1.29, 1.82) is 0 Å². The summed E-state index contributed by atoms with van der Waals surface area (Å²) in [5, 5.41) is 0. The van der Waals surface area contributed by atoms with Gasteiger partial charge in [-0.1, -0.05) is 19.9 Å². The maximum atomic E-state index is 11.9. The monoisotopic (exact) mass is 290 g/mol. The van der Waals surface area contributed by atoms with Crippen LogP contribution in [0.15, 0.2) is 24.3 Å². The normalized spacial score (nSPS) is 10.0. The lowest BCUT2D eigenvalue weighted by Gasteiger charge is -2.16. The van der Waals surface area contributed by atoms with Gasteiger partial charge in [0.25, 0.3) is 0 Å². The fourth-order valence-corrected chi connectivity index (χ4v) is 1.93. The first-order chi connectivity index (χ1) is 9.99. The minimum atomic E-state index is 0.0705. The van der Waals surface area contributed by atoms with Gasteiger partial charge in [0.1, 0.15) is 0 Å². The Balaban J connectivity index is 0.00000191. The van der Waals surface area contributed by atoms with Crippen LogP contribution in [0.4, 0.5) is 5.69 Å². The molecule has 0 aliphatic heterocycles. The number of anilines is 1. The second-order valence-corrected chi connectivity index (χ2v) is 4.78. The standard InChI is InChI=1S/C16H24N2O.C2H6/c1-6-18(7-2)16(19)11-9-14-8-10-15(17(4)5)12-13(14)3;1-2/h8-12H,6-7H2,1-5H3;1-2H3/b11-9+;. The first kappa shape index (κ1) is 19.2. The number of hydrogen-bond donors (Lipinski definition) is 0. The van der Waals surface area contributed by atoms with Crippen molar-refractivity contribution in [2.75, 3.05) is 32.1 Å². The van der Waals surface area contributed by atoms with Crippen LogP contribution in [0.3, 0.4) is 0 Å². The highest BCUT2D eigenvalue weighted by atomic mass is 16.2. The molecule has 0 heterocycles. The zero-order valence-electron chi connectivity index (χ0n) is 14.6. The molecular weight excluding hydrogens is 260 g/mol. The molecule has 0 aliphatic carbocycles. The zero-order chi connectivity index (χ0) is 16.4. The van der Waals surface area contributed by atoms with E-state index in [2.05, 4.69) is 30.0 Å². The molecule has 3 nitrogen and oxygen atoms in total. The van der Waals surface area contributed by atoms with E-state index in [4.69, 9.17) is 0 Å². The molecule has 0 spiro atoms. The lowest BCUT2D eigenvalue weighted by molar-refractivity contribution is -0.125. The lowest BCUT2D eigenvalue weighted by atomic mass is 10.1. The van der Waals surface area contributed by atoms with Crippen LogP contribution >= 0.6 is 0 Å². The molecule has 0 unspecified atom stereocenters. The summed E-state index contributed by atoms with van der Waals surface area (Å²) in [7, 11) is 4.04. The number of hydrogen-bond acceptors (Lipinski definition) is 2.